The second-order valence-electron chi connectivity index (χ2n) is 7.80. The quantitative estimate of drug-likeness (QED) is 0.379. The number of hydrogen-bond acceptors (Lipinski definition) is 5. The van der Waals surface area contributed by atoms with E-state index in [1.165, 1.54) is 0 Å². The Kier molecular flexibility index (Phi) is 10.7. The Bertz CT molecular complexity index is 964. The molecule has 0 aliphatic rings. The van der Waals surface area contributed by atoms with Gasteiger partial charge < -0.3 is 25.2 Å². The van der Waals surface area contributed by atoms with Gasteiger partial charge >= 0.3 is 0 Å². The first-order valence-corrected chi connectivity index (χ1v) is 10.7. The summed E-state index contributed by atoms with van der Waals surface area (Å²) < 4.78 is 11.4. The van der Waals surface area contributed by atoms with E-state index < -0.39 is 6.10 Å². The minimum Gasteiger partial charge on any atom is -0.491 e. The van der Waals surface area contributed by atoms with Gasteiger partial charge in [-0.15, -0.1) is 12.4 Å². The van der Waals surface area contributed by atoms with Crippen LogP contribution in [0.25, 0.3) is 0 Å². The number of amides is 1. The van der Waals surface area contributed by atoms with Crippen molar-refractivity contribution in [1.82, 2.24) is 5.32 Å². The van der Waals surface area contributed by atoms with Crippen LogP contribution in [-0.2, 0) is 6.61 Å². The molecule has 3 aromatic rings. The summed E-state index contributed by atoms with van der Waals surface area (Å²) in [6, 6.07) is 24.3. The molecule has 7 heteroatoms. The van der Waals surface area contributed by atoms with Crippen LogP contribution in [0.3, 0.4) is 0 Å². The van der Waals surface area contributed by atoms with Crippen molar-refractivity contribution in [2.24, 2.45) is 0 Å². The summed E-state index contributed by atoms with van der Waals surface area (Å²) in [7, 11) is 0. The van der Waals surface area contributed by atoms with Gasteiger partial charge in [-0.3, -0.25) is 4.79 Å². The monoisotopic (exact) mass is 470 g/mol. The van der Waals surface area contributed by atoms with Gasteiger partial charge in [0.15, 0.2) is 0 Å². The van der Waals surface area contributed by atoms with Crippen molar-refractivity contribution < 1.29 is 19.4 Å². The number of halogens is 1. The molecule has 0 heterocycles. The van der Waals surface area contributed by atoms with E-state index in [4.69, 9.17) is 9.47 Å². The second kappa shape index (κ2) is 13.5. The van der Waals surface area contributed by atoms with Crippen molar-refractivity contribution in [3.05, 3.63) is 90.0 Å². The highest BCUT2D eigenvalue weighted by Crippen LogP contribution is 2.18. The van der Waals surface area contributed by atoms with Gasteiger partial charge in [-0.2, -0.15) is 0 Å². The zero-order chi connectivity index (χ0) is 22.8. The van der Waals surface area contributed by atoms with Crippen molar-refractivity contribution in [2.75, 3.05) is 18.5 Å². The molecule has 0 fully saturated rings. The highest BCUT2D eigenvalue weighted by atomic mass is 35.5. The zero-order valence-corrected chi connectivity index (χ0v) is 19.7. The number of hydrogen-bond donors (Lipinski definition) is 3. The normalized spacial score (nSPS) is 11.4. The fraction of sp³-hybridized carbons (Fsp3) is 0.269. The van der Waals surface area contributed by atoms with Crippen LogP contribution in [0.5, 0.6) is 11.5 Å². The maximum Gasteiger partial charge on any atom is 0.255 e. The van der Waals surface area contributed by atoms with Crippen molar-refractivity contribution in [2.45, 2.75) is 32.6 Å². The van der Waals surface area contributed by atoms with Gasteiger partial charge in [-0.05, 0) is 54.1 Å². The lowest BCUT2D eigenvalue weighted by Gasteiger charge is -2.15. The summed E-state index contributed by atoms with van der Waals surface area (Å²) in [5, 5.41) is 15.9. The average molecular weight is 471 g/mol. The number of benzene rings is 3. The lowest BCUT2D eigenvalue weighted by atomic mass is 10.2. The predicted octanol–water partition coefficient (Wildman–Crippen LogP) is 4.68. The van der Waals surface area contributed by atoms with Gasteiger partial charge in [0.1, 0.15) is 30.8 Å². The fourth-order valence-electron chi connectivity index (χ4n) is 2.90. The van der Waals surface area contributed by atoms with E-state index in [0.717, 1.165) is 5.56 Å². The highest BCUT2D eigenvalue weighted by molar-refractivity contribution is 6.04. The molecular weight excluding hydrogens is 440 g/mol. The third-order valence-corrected chi connectivity index (χ3v) is 4.68. The summed E-state index contributed by atoms with van der Waals surface area (Å²) in [5.41, 5.74) is 2.29. The van der Waals surface area contributed by atoms with Crippen molar-refractivity contribution >= 4 is 24.0 Å². The maximum absolute atomic E-state index is 12.5. The number of carbonyl (C=O) groups is 1. The molecule has 0 radical (unpaired) electrons. The first kappa shape index (κ1) is 26.2. The number of nitrogens with one attached hydrogen (secondary N) is 2. The zero-order valence-electron chi connectivity index (χ0n) is 18.9. The van der Waals surface area contributed by atoms with Crippen molar-refractivity contribution in [3.8, 4) is 11.5 Å². The van der Waals surface area contributed by atoms with E-state index in [2.05, 4.69) is 10.6 Å². The van der Waals surface area contributed by atoms with Crippen molar-refractivity contribution in [1.29, 1.82) is 0 Å². The molecule has 3 aromatic carbocycles. The number of carbonyl (C=O) groups excluding carboxylic acids is 1. The molecule has 3 rings (SSSR count). The van der Waals surface area contributed by atoms with Crippen LogP contribution in [0.4, 0.5) is 5.69 Å². The Hall–Kier alpha value is -3.06. The predicted molar refractivity (Wildman–Crippen MR) is 133 cm³/mol. The smallest absolute Gasteiger partial charge is 0.255 e. The molecule has 33 heavy (non-hydrogen) atoms. The van der Waals surface area contributed by atoms with Gasteiger partial charge in [0.05, 0.1) is 0 Å². The second-order valence-corrected chi connectivity index (χ2v) is 7.80. The number of ether oxygens (including phenoxy) is 2. The summed E-state index contributed by atoms with van der Waals surface area (Å²) in [6.45, 7) is 5.20. The standard InChI is InChI=1S/C26H30N2O4.ClH/c1-19(2)27-16-23(29)18-32-25-14-10-22(11-15-25)28-26(30)21-8-12-24(13-9-21)31-17-20-6-4-3-5-7-20;/h3-15,19,23,27,29H,16-18H2,1-2H3,(H,28,30);1H. The molecule has 1 atom stereocenters. The SMILES string of the molecule is CC(C)NCC(O)COc1ccc(NC(=O)c2ccc(OCc3ccccc3)cc2)cc1.Cl. The molecule has 1 amide bonds. The molecule has 1 unspecified atom stereocenters. The van der Waals surface area contributed by atoms with Crippen LogP contribution in [0.2, 0.25) is 0 Å². The molecule has 0 saturated heterocycles. The fourth-order valence-corrected chi connectivity index (χ4v) is 2.90. The molecule has 6 nitrogen and oxygen atoms in total. The Morgan fingerprint density at radius 3 is 2.12 bits per heavy atom. The van der Waals surface area contributed by atoms with E-state index in [0.29, 0.717) is 41.9 Å². The molecule has 0 aliphatic heterocycles. The Morgan fingerprint density at radius 2 is 1.48 bits per heavy atom. The van der Waals surface area contributed by atoms with Crippen LogP contribution in [-0.4, -0.2) is 36.3 Å². The van der Waals surface area contributed by atoms with Gasteiger partial charge in [0.25, 0.3) is 5.91 Å². The molecule has 0 saturated carbocycles. The van der Waals surface area contributed by atoms with E-state index in [1.807, 2.05) is 44.2 Å². The molecule has 176 valence electrons. The third-order valence-electron chi connectivity index (χ3n) is 4.68. The third kappa shape index (κ3) is 9.14. The Balaban J connectivity index is 0.00000385. The highest BCUT2D eigenvalue weighted by Gasteiger charge is 2.08. The van der Waals surface area contributed by atoms with E-state index in [-0.39, 0.29) is 24.9 Å². The first-order valence-electron chi connectivity index (χ1n) is 10.7. The molecular formula is C26H31ClN2O4. The summed E-state index contributed by atoms with van der Waals surface area (Å²) in [5.74, 6) is 1.13. The van der Waals surface area contributed by atoms with E-state index in [9.17, 15) is 9.90 Å². The minimum atomic E-state index is -0.587. The topological polar surface area (TPSA) is 79.8 Å². The molecule has 3 N–H and O–H groups in total. The van der Waals surface area contributed by atoms with Gasteiger partial charge in [0.2, 0.25) is 0 Å². The number of rotatable bonds is 11. The maximum atomic E-state index is 12.5. The number of aliphatic hydroxyl groups excluding tert-OH is 1. The lowest BCUT2D eigenvalue weighted by molar-refractivity contribution is 0.102. The molecule has 0 aromatic heterocycles. The largest absolute Gasteiger partial charge is 0.491 e. The van der Waals surface area contributed by atoms with Crippen LogP contribution >= 0.6 is 12.4 Å². The van der Waals surface area contributed by atoms with E-state index >= 15 is 0 Å². The average Bonchev–Trinajstić information content (AvgIpc) is 2.82. The Labute approximate surface area is 201 Å². The first-order chi connectivity index (χ1) is 15.5. The van der Waals surface area contributed by atoms with E-state index in [1.54, 1.807) is 48.5 Å². The minimum absolute atomic E-state index is 0. The summed E-state index contributed by atoms with van der Waals surface area (Å²) in [6.07, 6.45) is -0.587. The van der Waals surface area contributed by atoms with Crippen molar-refractivity contribution in [3.63, 3.8) is 0 Å². The van der Waals surface area contributed by atoms with Crippen LogP contribution < -0.4 is 20.1 Å². The van der Waals surface area contributed by atoms with Gasteiger partial charge in [0, 0.05) is 23.8 Å². The summed E-state index contributed by atoms with van der Waals surface area (Å²) in [4.78, 5) is 12.5. The molecule has 0 aliphatic carbocycles. The van der Waals surface area contributed by atoms with Gasteiger partial charge in [-0.1, -0.05) is 44.2 Å². The van der Waals surface area contributed by atoms with Crippen LogP contribution in [0.15, 0.2) is 78.9 Å². The number of anilines is 1. The Morgan fingerprint density at radius 1 is 0.879 bits per heavy atom. The summed E-state index contributed by atoms with van der Waals surface area (Å²) >= 11 is 0. The van der Waals surface area contributed by atoms with Crippen LogP contribution in [0, 0.1) is 0 Å². The lowest BCUT2D eigenvalue weighted by Crippen LogP contribution is -2.35. The van der Waals surface area contributed by atoms with Crippen LogP contribution in [0.1, 0.15) is 29.8 Å². The molecule has 0 bridgehead atoms. The molecule has 0 spiro atoms. The van der Waals surface area contributed by atoms with Gasteiger partial charge in [-0.25, -0.2) is 0 Å². The number of aliphatic hydroxyl groups is 1.